The molecule has 0 aromatic heterocycles. The monoisotopic (exact) mass is 293 g/mol. The van der Waals surface area contributed by atoms with Crippen molar-refractivity contribution in [3.63, 3.8) is 0 Å². The number of imide groups is 1. The standard InChI is InChI=1S/C12H11N3O6/c1-2-21-9-5-6(4-8(10(9)16)15(19)20)3-7-11(17)14-12(18)13-7/h3-5,16H,2H2,1H3,(H2,13,14,17,18)/b7-3-. The molecule has 3 amide bonds. The first-order valence-corrected chi connectivity index (χ1v) is 5.90. The summed E-state index contributed by atoms with van der Waals surface area (Å²) in [6, 6.07) is 1.73. The number of phenolic OH excluding ortho intramolecular Hbond substituents is 1. The van der Waals surface area contributed by atoms with Crippen molar-refractivity contribution in [3.05, 3.63) is 33.5 Å². The number of ether oxygens (including phenoxy) is 1. The molecule has 0 saturated carbocycles. The van der Waals surface area contributed by atoms with Crippen LogP contribution < -0.4 is 15.4 Å². The van der Waals surface area contributed by atoms with E-state index >= 15 is 0 Å². The van der Waals surface area contributed by atoms with Gasteiger partial charge in [0.1, 0.15) is 5.70 Å². The number of aromatic hydroxyl groups is 1. The molecule has 1 aliphatic heterocycles. The Kier molecular flexibility index (Phi) is 3.74. The van der Waals surface area contributed by atoms with Crippen LogP contribution in [0.1, 0.15) is 12.5 Å². The maximum atomic E-state index is 11.4. The molecule has 1 aliphatic rings. The first-order valence-electron chi connectivity index (χ1n) is 5.90. The number of hydrogen-bond donors (Lipinski definition) is 3. The maximum absolute atomic E-state index is 11.4. The first-order chi connectivity index (χ1) is 9.92. The SMILES string of the molecule is CCOc1cc(/C=C2\NC(=O)NC2=O)cc([N+](=O)[O-])c1O. The summed E-state index contributed by atoms with van der Waals surface area (Å²) in [7, 11) is 0. The van der Waals surface area contributed by atoms with Crippen molar-refractivity contribution in [1.82, 2.24) is 10.6 Å². The van der Waals surface area contributed by atoms with Crippen LogP contribution in [0.15, 0.2) is 17.8 Å². The number of benzene rings is 1. The third-order valence-corrected chi connectivity index (χ3v) is 2.60. The quantitative estimate of drug-likeness (QED) is 0.327. The Balaban J connectivity index is 2.49. The summed E-state index contributed by atoms with van der Waals surface area (Å²) in [5, 5.41) is 24.9. The Hall–Kier alpha value is -3.10. The lowest BCUT2D eigenvalue weighted by Crippen LogP contribution is -2.22. The van der Waals surface area contributed by atoms with Gasteiger partial charge >= 0.3 is 11.7 Å². The molecule has 110 valence electrons. The van der Waals surface area contributed by atoms with Crippen molar-refractivity contribution < 1.29 is 24.4 Å². The van der Waals surface area contributed by atoms with Crippen LogP contribution in [0.2, 0.25) is 0 Å². The smallest absolute Gasteiger partial charge is 0.326 e. The Labute approximate surface area is 118 Å². The molecule has 3 N–H and O–H groups in total. The van der Waals surface area contributed by atoms with Crippen molar-refractivity contribution in [2.24, 2.45) is 0 Å². The minimum atomic E-state index is -0.771. The maximum Gasteiger partial charge on any atom is 0.326 e. The second-order valence-corrected chi connectivity index (χ2v) is 4.04. The molecule has 0 unspecified atom stereocenters. The van der Waals surface area contributed by atoms with E-state index in [0.29, 0.717) is 0 Å². The van der Waals surface area contributed by atoms with Crippen LogP contribution in [-0.4, -0.2) is 28.6 Å². The first kappa shape index (κ1) is 14.3. The van der Waals surface area contributed by atoms with Crippen LogP contribution in [-0.2, 0) is 4.79 Å². The van der Waals surface area contributed by atoms with Crippen LogP contribution >= 0.6 is 0 Å². The summed E-state index contributed by atoms with van der Waals surface area (Å²) in [5.74, 6) is -1.32. The number of carbonyl (C=O) groups is 2. The number of carbonyl (C=O) groups excluding carboxylic acids is 2. The predicted octanol–water partition coefficient (Wildman–Crippen LogP) is 0.879. The summed E-state index contributed by atoms with van der Waals surface area (Å²) >= 11 is 0. The van der Waals surface area contributed by atoms with Gasteiger partial charge in [-0.05, 0) is 24.6 Å². The number of nitro benzene ring substituents is 1. The van der Waals surface area contributed by atoms with Crippen molar-refractivity contribution in [2.45, 2.75) is 6.92 Å². The normalized spacial score (nSPS) is 15.8. The van der Waals surface area contributed by atoms with Gasteiger partial charge in [0.15, 0.2) is 5.75 Å². The van der Waals surface area contributed by atoms with Gasteiger partial charge in [0.2, 0.25) is 5.75 Å². The third kappa shape index (κ3) is 2.91. The van der Waals surface area contributed by atoms with Gasteiger partial charge in [0, 0.05) is 6.07 Å². The molecule has 0 aliphatic carbocycles. The van der Waals surface area contributed by atoms with Gasteiger partial charge in [-0.3, -0.25) is 20.2 Å². The van der Waals surface area contributed by atoms with Crippen LogP contribution in [0.4, 0.5) is 10.5 Å². The number of phenols is 1. The van der Waals surface area contributed by atoms with Crippen LogP contribution in [0.3, 0.4) is 0 Å². The third-order valence-electron chi connectivity index (χ3n) is 2.60. The molecule has 21 heavy (non-hydrogen) atoms. The number of urea groups is 1. The van der Waals surface area contributed by atoms with Crippen LogP contribution in [0.5, 0.6) is 11.5 Å². The Morgan fingerprint density at radius 2 is 2.10 bits per heavy atom. The summed E-state index contributed by atoms with van der Waals surface area (Å²) < 4.78 is 5.11. The zero-order valence-corrected chi connectivity index (χ0v) is 10.9. The fourth-order valence-corrected chi connectivity index (χ4v) is 1.75. The van der Waals surface area contributed by atoms with Crippen LogP contribution in [0.25, 0.3) is 6.08 Å². The average Bonchev–Trinajstić information content (AvgIpc) is 2.71. The number of rotatable bonds is 4. The summed E-state index contributed by atoms with van der Waals surface area (Å²) in [5.41, 5.74) is -0.379. The van der Waals surface area contributed by atoms with Gasteiger partial charge in [0.05, 0.1) is 11.5 Å². The number of amides is 3. The molecule has 0 bridgehead atoms. The Morgan fingerprint density at radius 3 is 2.62 bits per heavy atom. The van der Waals surface area contributed by atoms with Gasteiger partial charge in [-0.25, -0.2) is 4.79 Å². The van der Waals surface area contributed by atoms with Gasteiger partial charge in [-0.2, -0.15) is 0 Å². The van der Waals surface area contributed by atoms with E-state index in [9.17, 15) is 24.8 Å². The van der Waals surface area contributed by atoms with E-state index < -0.39 is 28.3 Å². The molecular formula is C12H11N3O6. The number of nitro groups is 1. The zero-order valence-electron chi connectivity index (χ0n) is 10.9. The van der Waals surface area contributed by atoms with E-state index in [-0.39, 0.29) is 23.6 Å². The molecule has 9 heteroatoms. The van der Waals surface area contributed by atoms with E-state index in [0.717, 1.165) is 6.07 Å². The van der Waals surface area contributed by atoms with Gasteiger partial charge in [0.25, 0.3) is 5.91 Å². The highest BCUT2D eigenvalue weighted by Crippen LogP contribution is 2.37. The zero-order chi connectivity index (χ0) is 15.6. The van der Waals surface area contributed by atoms with E-state index in [2.05, 4.69) is 5.32 Å². The van der Waals surface area contributed by atoms with E-state index in [4.69, 9.17) is 4.74 Å². The molecule has 9 nitrogen and oxygen atoms in total. The predicted molar refractivity (Wildman–Crippen MR) is 70.6 cm³/mol. The summed E-state index contributed by atoms with van der Waals surface area (Å²) in [6.45, 7) is 1.85. The lowest BCUT2D eigenvalue weighted by atomic mass is 10.1. The van der Waals surface area contributed by atoms with Crippen molar-refractivity contribution in [2.75, 3.05) is 6.61 Å². The van der Waals surface area contributed by atoms with Crippen molar-refractivity contribution >= 4 is 23.7 Å². The molecule has 1 saturated heterocycles. The minimum absolute atomic E-state index is 0.0533. The summed E-state index contributed by atoms with van der Waals surface area (Å²) in [6.07, 6.45) is 1.25. The van der Waals surface area contributed by atoms with Gasteiger partial charge < -0.3 is 15.2 Å². The minimum Gasteiger partial charge on any atom is -0.500 e. The fraction of sp³-hybridized carbons (Fsp3) is 0.167. The van der Waals surface area contributed by atoms with Crippen LogP contribution in [0, 0.1) is 10.1 Å². The topological polar surface area (TPSA) is 131 Å². The second-order valence-electron chi connectivity index (χ2n) is 4.04. The molecule has 1 fully saturated rings. The lowest BCUT2D eigenvalue weighted by molar-refractivity contribution is -0.386. The molecule has 0 radical (unpaired) electrons. The average molecular weight is 293 g/mol. The van der Waals surface area contributed by atoms with Gasteiger partial charge in [-0.15, -0.1) is 0 Å². The molecule has 0 atom stereocenters. The molecule has 2 rings (SSSR count). The summed E-state index contributed by atoms with van der Waals surface area (Å²) in [4.78, 5) is 32.5. The molecule has 1 aromatic carbocycles. The number of nitrogens with one attached hydrogen (secondary N) is 2. The highest BCUT2D eigenvalue weighted by molar-refractivity contribution is 6.14. The van der Waals surface area contributed by atoms with Crippen molar-refractivity contribution in [3.8, 4) is 11.5 Å². The van der Waals surface area contributed by atoms with E-state index in [1.165, 1.54) is 12.1 Å². The van der Waals surface area contributed by atoms with E-state index in [1.807, 2.05) is 5.32 Å². The highest BCUT2D eigenvalue weighted by Gasteiger charge is 2.24. The van der Waals surface area contributed by atoms with Crippen molar-refractivity contribution in [1.29, 1.82) is 0 Å². The Bertz CT molecular complexity index is 667. The number of hydrogen-bond acceptors (Lipinski definition) is 6. The highest BCUT2D eigenvalue weighted by atomic mass is 16.6. The second kappa shape index (κ2) is 5.49. The molecule has 1 aromatic rings. The fourth-order valence-electron chi connectivity index (χ4n) is 1.75. The van der Waals surface area contributed by atoms with Gasteiger partial charge in [-0.1, -0.05) is 0 Å². The Morgan fingerprint density at radius 1 is 1.38 bits per heavy atom. The number of nitrogens with zero attached hydrogens (tertiary/aromatic N) is 1. The van der Waals surface area contributed by atoms with E-state index in [1.54, 1.807) is 6.92 Å². The lowest BCUT2D eigenvalue weighted by Gasteiger charge is -2.07. The molecule has 1 heterocycles. The molecule has 0 spiro atoms. The molecular weight excluding hydrogens is 282 g/mol. The largest absolute Gasteiger partial charge is 0.500 e.